The van der Waals surface area contributed by atoms with Crippen molar-refractivity contribution in [3.63, 3.8) is 0 Å². The van der Waals surface area contributed by atoms with Gasteiger partial charge < -0.3 is 0 Å². The molecule has 7 aromatic carbocycles. The van der Waals surface area contributed by atoms with E-state index in [0.717, 1.165) is 44.3 Å². The van der Waals surface area contributed by atoms with E-state index in [1.165, 1.54) is 33.4 Å². The van der Waals surface area contributed by atoms with Gasteiger partial charge in [-0.05, 0) is 63.7 Å². The number of nitrogens with zero attached hydrogens (tertiary/aromatic N) is 3. The van der Waals surface area contributed by atoms with Crippen LogP contribution >= 0.6 is 0 Å². The molecule has 0 amide bonds. The Labute approximate surface area is 285 Å². The van der Waals surface area contributed by atoms with Crippen LogP contribution < -0.4 is 0 Å². The van der Waals surface area contributed by atoms with Crippen LogP contribution in [0.2, 0.25) is 0 Å². The first-order valence-electron chi connectivity index (χ1n) is 16.6. The molecule has 0 unspecified atom stereocenters. The van der Waals surface area contributed by atoms with Gasteiger partial charge in [0.05, 0.1) is 22.4 Å². The highest BCUT2D eigenvalue weighted by atomic mass is 15.2. The van der Waals surface area contributed by atoms with Crippen LogP contribution in [-0.2, 0) is 0 Å². The van der Waals surface area contributed by atoms with Crippen LogP contribution in [-0.4, -0.2) is 14.5 Å². The minimum Gasteiger partial charge on any atom is -0.278 e. The minimum atomic E-state index is 0.642. The maximum Gasteiger partial charge on any atom is 0.235 e. The van der Waals surface area contributed by atoms with Gasteiger partial charge in [0, 0.05) is 21.9 Å². The molecule has 0 aliphatic carbocycles. The number of fused-ring (bicyclic) bond motifs is 3. The topological polar surface area (TPSA) is 30.7 Å². The summed E-state index contributed by atoms with van der Waals surface area (Å²) in [6.07, 6.45) is 0. The summed E-state index contributed by atoms with van der Waals surface area (Å²) in [5.74, 6) is 0.642. The summed E-state index contributed by atoms with van der Waals surface area (Å²) >= 11 is 0. The molecule has 230 valence electrons. The Morgan fingerprint density at radius 1 is 0.286 bits per heavy atom. The van der Waals surface area contributed by atoms with E-state index in [-0.39, 0.29) is 0 Å². The monoisotopic (exact) mass is 625 g/mol. The zero-order chi connectivity index (χ0) is 32.6. The summed E-state index contributed by atoms with van der Waals surface area (Å²) < 4.78 is 2.22. The molecular weight excluding hydrogens is 595 g/mol. The Balaban J connectivity index is 1.27. The molecule has 9 rings (SSSR count). The Bertz CT molecular complexity index is 2460. The van der Waals surface area contributed by atoms with Gasteiger partial charge in [0.15, 0.2) is 0 Å². The van der Waals surface area contributed by atoms with Gasteiger partial charge in [-0.15, -0.1) is 0 Å². The van der Waals surface area contributed by atoms with E-state index in [4.69, 9.17) is 9.97 Å². The molecule has 3 nitrogen and oxygen atoms in total. The summed E-state index contributed by atoms with van der Waals surface area (Å²) in [7, 11) is 0. The highest BCUT2D eigenvalue weighted by Crippen LogP contribution is 2.37. The van der Waals surface area contributed by atoms with Crippen LogP contribution in [0.4, 0.5) is 0 Å². The molecule has 0 saturated heterocycles. The summed E-state index contributed by atoms with van der Waals surface area (Å²) in [5.41, 5.74) is 13.1. The highest BCUT2D eigenvalue weighted by Gasteiger charge is 2.18. The highest BCUT2D eigenvalue weighted by molar-refractivity contribution is 6.11. The van der Waals surface area contributed by atoms with Gasteiger partial charge in [0.1, 0.15) is 0 Å². The van der Waals surface area contributed by atoms with Crippen molar-refractivity contribution in [2.45, 2.75) is 0 Å². The lowest BCUT2D eigenvalue weighted by Crippen LogP contribution is -2.04. The molecule has 0 radical (unpaired) electrons. The Hall–Kier alpha value is -6.58. The maximum absolute atomic E-state index is 5.29. The van der Waals surface area contributed by atoms with Crippen LogP contribution in [0.5, 0.6) is 0 Å². The van der Waals surface area contributed by atoms with E-state index in [2.05, 4.69) is 180 Å². The number of aromatic nitrogens is 3. The quantitative estimate of drug-likeness (QED) is 0.184. The summed E-state index contributed by atoms with van der Waals surface area (Å²) in [6.45, 7) is 0. The normalized spacial score (nSPS) is 11.3. The molecule has 0 N–H and O–H groups in total. The molecule has 49 heavy (non-hydrogen) atoms. The fourth-order valence-corrected chi connectivity index (χ4v) is 6.76. The predicted octanol–water partition coefficient (Wildman–Crippen LogP) is 11.9. The third kappa shape index (κ3) is 5.38. The second kappa shape index (κ2) is 12.2. The zero-order valence-corrected chi connectivity index (χ0v) is 26.7. The summed E-state index contributed by atoms with van der Waals surface area (Å²) in [4.78, 5) is 10.5. The van der Waals surface area contributed by atoms with Crippen molar-refractivity contribution >= 4 is 21.8 Å². The average Bonchev–Trinajstić information content (AvgIpc) is 3.52. The van der Waals surface area contributed by atoms with E-state index in [1.54, 1.807) is 0 Å². The number of benzene rings is 7. The molecule has 0 atom stereocenters. The van der Waals surface area contributed by atoms with Crippen LogP contribution in [0, 0.1) is 0 Å². The Kier molecular flexibility index (Phi) is 7.14. The van der Waals surface area contributed by atoms with Crippen molar-refractivity contribution in [3.05, 3.63) is 188 Å². The van der Waals surface area contributed by atoms with Crippen molar-refractivity contribution in [3.8, 4) is 61.8 Å². The van der Waals surface area contributed by atoms with Crippen molar-refractivity contribution < 1.29 is 0 Å². The third-order valence-corrected chi connectivity index (χ3v) is 9.25. The lowest BCUT2D eigenvalue weighted by Gasteiger charge is -2.12. The molecule has 2 heterocycles. The van der Waals surface area contributed by atoms with Gasteiger partial charge in [-0.25, -0.2) is 9.97 Å². The van der Waals surface area contributed by atoms with Gasteiger partial charge >= 0.3 is 0 Å². The lowest BCUT2D eigenvalue weighted by atomic mass is 10.0. The van der Waals surface area contributed by atoms with E-state index in [1.807, 2.05) is 12.1 Å². The molecule has 2 aromatic heterocycles. The zero-order valence-electron chi connectivity index (χ0n) is 26.7. The third-order valence-electron chi connectivity index (χ3n) is 9.25. The van der Waals surface area contributed by atoms with Gasteiger partial charge in [0.25, 0.3) is 0 Å². The molecule has 3 heteroatoms. The number of rotatable bonds is 6. The fraction of sp³-hybridized carbons (Fsp3) is 0. The van der Waals surface area contributed by atoms with Gasteiger partial charge in [0.2, 0.25) is 5.95 Å². The first kappa shape index (κ1) is 28.6. The number of hydrogen-bond donors (Lipinski definition) is 0. The molecule has 0 aliphatic heterocycles. The van der Waals surface area contributed by atoms with Crippen molar-refractivity contribution in [1.29, 1.82) is 0 Å². The first-order valence-corrected chi connectivity index (χ1v) is 16.6. The molecule has 0 fully saturated rings. The molecule has 0 saturated carbocycles. The average molecular weight is 626 g/mol. The summed E-state index contributed by atoms with van der Waals surface area (Å²) in [5, 5.41) is 2.33. The van der Waals surface area contributed by atoms with Crippen LogP contribution in [0.3, 0.4) is 0 Å². The largest absolute Gasteiger partial charge is 0.278 e. The molecule has 0 spiro atoms. The van der Waals surface area contributed by atoms with Crippen LogP contribution in [0.1, 0.15) is 0 Å². The van der Waals surface area contributed by atoms with E-state index >= 15 is 0 Å². The Morgan fingerprint density at radius 3 is 1.06 bits per heavy atom. The van der Waals surface area contributed by atoms with Crippen molar-refractivity contribution in [2.24, 2.45) is 0 Å². The minimum absolute atomic E-state index is 0.642. The smallest absolute Gasteiger partial charge is 0.235 e. The fourth-order valence-electron chi connectivity index (χ4n) is 6.76. The molecule has 0 aliphatic rings. The standard InChI is InChI=1S/C46H31N3/c1-5-13-32(14-6-1)35-21-23-37(24-22-35)43-31-42(36-19-11-4-12-20-36)47-46(48-43)49-44-27-25-38(33-15-7-2-8-16-33)29-40(44)41-30-39(26-28-45(41)49)34-17-9-3-10-18-34/h1-31H. The SMILES string of the molecule is c1ccc(-c2ccc(-c3cc(-c4ccccc4)nc(-n4c5ccc(-c6ccccc6)cc5c5cc(-c6ccccc6)ccc54)n3)cc2)cc1. The first-order chi connectivity index (χ1) is 24.3. The van der Waals surface area contributed by atoms with Gasteiger partial charge in [-0.1, -0.05) is 158 Å². The van der Waals surface area contributed by atoms with Gasteiger partial charge in [-0.3, -0.25) is 4.57 Å². The van der Waals surface area contributed by atoms with Crippen molar-refractivity contribution in [1.82, 2.24) is 14.5 Å². The van der Waals surface area contributed by atoms with E-state index in [9.17, 15) is 0 Å². The maximum atomic E-state index is 5.29. The molecule has 9 aromatic rings. The predicted molar refractivity (Wildman–Crippen MR) is 204 cm³/mol. The van der Waals surface area contributed by atoms with Crippen molar-refractivity contribution in [2.75, 3.05) is 0 Å². The second-order valence-corrected chi connectivity index (χ2v) is 12.3. The lowest BCUT2D eigenvalue weighted by molar-refractivity contribution is 0.996. The number of hydrogen-bond acceptors (Lipinski definition) is 2. The molecule has 0 bridgehead atoms. The van der Waals surface area contributed by atoms with E-state index in [0.29, 0.717) is 5.95 Å². The Morgan fingerprint density at radius 2 is 0.612 bits per heavy atom. The van der Waals surface area contributed by atoms with Crippen LogP contribution in [0.15, 0.2) is 188 Å². The summed E-state index contributed by atoms with van der Waals surface area (Å²) in [6, 6.07) is 66.2. The molecular formula is C46H31N3. The van der Waals surface area contributed by atoms with Crippen LogP contribution in [0.25, 0.3) is 83.6 Å². The van der Waals surface area contributed by atoms with E-state index < -0.39 is 0 Å². The van der Waals surface area contributed by atoms with Gasteiger partial charge in [-0.2, -0.15) is 0 Å². The second-order valence-electron chi connectivity index (χ2n) is 12.3.